The second kappa shape index (κ2) is 9.61. The minimum Gasteiger partial charge on any atom is -0.354 e. The average Bonchev–Trinajstić information content (AvgIpc) is 2.51. The summed E-state index contributed by atoms with van der Waals surface area (Å²) in [4.78, 5) is 35.1. The van der Waals surface area contributed by atoms with Gasteiger partial charge in [-0.1, -0.05) is 32.0 Å². The van der Waals surface area contributed by atoms with E-state index in [2.05, 4.69) is 16.0 Å². The highest BCUT2D eigenvalue weighted by atomic mass is 16.2. The summed E-state index contributed by atoms with van der Waals surface area (Å²) in [6, 6.07) is 8.59. The van der Waals surface area contributed by atoms with Crippen LogP contribution >= 0.6 is 0 Å². The smallest absolute Gasteiger partial charge is 0.251 e. The molecule has 0 aliphatic carbocycles. The third-order valence-electron chi connectivity index (χ3n) is 3.18. The number of hydrogen-bond acceptors (Lipinski definition) is 3. The first kappa shape index (κ1) is 18.7. The van der Waals surface area contributed by atoms with Gasteiger partial charge in [0.25, 0.3) is 5.91 Å². The fourth-order valence-electron chi connectivity index (χ4n) is 1.89. The van der Waals surface area contributed by atoms with E-state index in [4.69, 9.17) is 0 Å². The van der Waals surface area contributed by atoms with Crippen molar-refractivity contribution >= 4 is 17.7 Å². The van der Waals surface area contributed by atoms with E-state index in [9.17, 15) is 14.4 Å². The van der Waals surface area contributed by atoms with Crippen LogP contribution in [-0.2, 0) is 9.59 Å². The SMILES string of the molecule is CC(CC(=O)NCCNC(=O)C(C)C)NC(=O)c1ccccc1. The minimum atomic E-state index is -0.270. The zero-order chi connectivity index (χ0) is 17.2. The molecule has 3 amide bonds. The maximum absolute atomic E-state index is 11.9. The molecule has 0 aromatic heterocycles. The van der Waals surface area contributed by atoms with E-state index in [-0.39, 0.29) is 36.1 Å². The van der Waals surface area contributed by atoms with Crippen molar-refractivity contribution in [3.8, 4) is 0 Å². The van der Waals surface area contributed by atoms with Crippen LogP contribution in [0.25, 0.3) is 0 Å². The normalized spacial score (nSPS) is 11.7. The first-order valence-electron chi connectivity index (χ1n) is 7.80. The summed E-state index contributed by atoms with van der Waals surface area (Å²) in [6.45, 7) is 6.17. The molecule has 0 bridgehead atoms. The summed E-state index contributed by atoms with van der Waals surface area (Å²) >= 11 is 0. The van der Waals surface area contributed by atoms with Crippen LogP contribution < -0.4 is 16.0 Å². The number of hydrogen-bond donors (Lipinski definition) is 3. The standard InChI is InChI=1S/C17H25N3O3/c1-12(2)16(22)19-10-9-18-15(21)11-13(3)20-17(23)14-7-5-4-6-8-14/h4-8,12-13H,9-11H2,1-3H3,(H,18,21)(H,19,22)(H,20,23). The molecule has 126 valence electrons. The summed E-state index contributed by atoms with van der Waals surface area (Å²) in [6.07, 6.45) is 0.191. The third kappa shape index (κ3) is 7.44. The monoisotopic (exact) mass is 319 g/mol. The zero-order valence-corrected chi connectivity index (χ0v) is 13.9. The van der Waals surface area contributed by atoms with Crippen LogP contribution in [0.2, 0.25) is 0 Å². The van der Waals surface area contributed by atoms with E-state index in [1.807, 2.05) is 19.9 Å². The Labute approximate surface area is 137 Å². The van der Waals surface area contributed by atoms with Crippen LogP contribution in [0.4, 0.5) is 0 Å². The van der Waals surface area contributed by atoms with Crippen molar-refractivity contribution in [3.05, 3.63) is 35.9 Å². The molecule has 0 spiro atoms. The largest absolute Gasteiger partial charge is 0.354 e. The average molecular weight is 319 g/mol. The predicted molar refractivity (Wildman–Crippen MR) is 88.8 cm³/mol. The molecule has 1 unspecified atom stereocenters. The third-order valence-corrected chi connectivity index (χ3v) is 3.18. The molecule has 0 aliphatic heterocycles. The molecular formula is C17H25N3O3. The van der Waals surface area contributed by atoms with Crippen LogP contribution in [0.1, 0.15) is 37.6 Å². The van der Waals surface area contributed by atoms with Gasteiger partial charge >= 0.3 is 0 Å². The molecule has 1 aromatic rings. The molecule has 0 heterocycles. The lowest BCUT2D eigenvalue weighted by Gasteiger charge is -2.14. The second-order valence-electron chi connectivity index (χ2n) is 5.74. The van der Waals surface area contributed by atoms with E-state index < -0.39 is 0 Å². The molecule has 0 saturated heterocycles. The Morgan fingerprint density at radius 3 is 2.17 bits per heavy atom. The first-order valence-corrected chi connectivity index (χ1v) is 7.80. The number of benzene rings is 1. The summed E-state index contributed by atoms with van der Waals surface area (Å²) in [5.41, 5.74) is 0.566. The molecule has 6 heteroatoms. The lowest BCUT2D eigenvalue weighted by Crippen LogP contribution is -2.40. The maximum atomic E-state index is 11.9. The van der Waals surface area contributed by atoms with Gasteiger partial charge in [-0.15, -0.1) is 0 Å². The van der Waals surface area contributed by atoms with Crippen LogP contribution in [0.3, 0.4) is 0 Å². The van der Waals surface area contributed by atoms with Crippen molar-refractivity contribution in [1.82, 2.24) is 16.0 Å². The molecule has 23 heavy (non-hydrogen) atoms. The van der Waals surface area contributed by atoms with Crippen LogP contribution in [0.15, 0.2) is 30.3 Å². The molecule has 1 aromatic carbocycles. The fourth-order valence-corrected chi connectivity index (χ4v) is 1.89. The highest BCUT2D eigenvalue weighted by molar-refractivity contribution is 5.94. The van der Waals surface area contributed by atoms with Gasteiger partial charge in [0.1, 0.15) is 0 Å². The van der Waals surface area contributed by atoms with Gasteiger partial charge in [0.2, 0.25) is 11.8 Å². The van der Waals surface area contributed by atoms with E-state index in [0.29, 0.717) is 18.7 Å². The number of nitrogens with one attached hydrogen (secondary N) is 3. The Bertz CT molecular complexity index is 529. The Kier molecular flexibility index (Phi) is 7.80. The van der Waals surface area contributed by atoms with Crippen molar-refractivity contribution in [2.75, 3.05) is 13.1 Å². The van der Waals surface area contributed by atoms with Crippen LogP contribution in [0.5, 0.6) is 0 Å². The van der Waals surface area contributed by atoms with Gasteiger partial charge in [-0.25, -0.2) is 0 Å². The molecule has 0 fully saturated rings. The van der Waals surface area contributed by atoms with Crippen molar-refractivity contribution in [2.24, 2.45) is 5.92 Å². The molecule has 1 atom stereocenters. The maximum Gasteiger partial charge on any atom is 0.251 e. The summed E-state index contributed by atoms with van der Waals surface area (Å²) in [5, 5.41) is 8.22. The fraction of sp³-hybridized carbons (Fsp3) is 0.471. The number of carbonyl (C=O) groups excluding carboxylic acids is 3. The van der Waals surface area contributed by atoms with Gasteiger partial charge in [-0.05, 0) is 19.1 Å². The minimum absolute atomic E-state index is 0.0391. The predicted octanol–water partition coefficient (Wildman–Crippen LogP) is 1.08. The highest BCUT2D eigenvalue weighted by Crippen LogP contribution is 2.00. The molecule has 0 saturated carbocycles. The summed E-state index contributed by atoms with van der Waals surface area (Å²) in [7, 11) is 0. The quantitative estimate of drug-likeness (QED) is 0.627. The molecule has 3 N–H and O–H groups in total. The molecular weight excluding hydrogens is 294 g/mol. The number of amides is 3. The zero-order valence-electron chi connectivity index (χ0n) is 13.9. The summed E-state index contributed by atoms with van der Waals surface area (Å²) in [5.74, 6) is -0.471. The van der Waals surface area contributed by atoms with Crippen LogP contribution in [-0.4, -0.2) is 36.9 Å². The first-order chi connectivity index (χ1) is 10.9. The van der Waals surface area contributed by atoms with Crippen molar-refractivity contribution in [1.29, 1.82) is 0 Å². The molecule has 1 rings (SSSR count). The summed E-state index contributed by atoms with van der Waals surface area (Å²) < 4.78 is 0. The molecule has 0 radical (unpaired) electrons. The number of carbonyl (C=O) groups is 3. The molecule has 0 aliphatic rings. The Balaban J connectivity index is 2.23. The van der Waals surface area contributed by atoms with E-state index >= 15 is 0 Å². The van der Waals surface area contributed by atoms with Gasteiger partial charge in [0.15, 0.2) is 0 Å². The Morgan fingerprint density at radius 2 is 1.57 bits per heavy atom. The van der Waals surface area contributed by atoms with Crippen molar-refractivity contribution in [3.63, 3.8) is 0 Å². The van der Waals surface area contributed by atoms with E-state index in [1.54, 1.807) is 31.2 Å². The van der Waals surface area contributed by atoms with Gasteiger partial charge < -0.3 is 16.0 Å². The lowest BCUT2D eigenvalue weighted by molar-refractivity contribution is -0.124. The van der Waals surface area contributed by atoms with E-state index in [1.165, 1.54) is 0 Å². The van der Waals surface area contributed by atoms with Gasteiger partial charge in [0, 0.05) is 37.0 Å². The van der Waals surface area contributed by atoms with E-state index in [0.717, 1.165) is 0 Å². The Morgan fingerprint density at radius 1 is 0.957 bits per heavy atom. The topological polar surface area (TPSA) is 87.3 Å². The highest BCUT2D eigenvalue weighted by Gasteiger charge is 2.13. The van der Waals surface area contributed by atoms with Crippen molar-refractivity contribution < 1.29 is 14.4 Å². The van der Waals surface area contributed by atoms with Gasteiger partial charge in [-0.2, -0.15) is 0 Å². The van der Waals surface area contributed by atoms with Gasteiger partial charge in [-0.3, -0.25) is 14.4 Å². The number of rotatable bonds is 8. The lowest BCUT2D eigenvalue weighted by atomic mass is 10.1. The molecule has 6 nitrogen and oxygen atoms in total. The second-order valence-corrected chi connectivity index (χ2v) is 5.74. The van der Waals surface area contributed by atoms with Crippen molar-refractivity contribution in [2.45, 2.75) is 33.2 Å². The Hall–Kier alpha value is -2.37. The van der Waals surface area contributed by atoms with Gasteiger partial charge in [0.05, 0.1) is 0 Å². The van der Waals surface area contributed by atoms with Crippen LogP contribution in [0, 0.1) is 5.92 Å².